The zero-order valence-corrected chi connectivity index (χ0v) is 10.3. The molecule has 1 aliphatic heterocycles. The number of carbonyl (C=O) groups excluding carboxylic acids is 1. The molecule has 0 spiro atoms. The molecule has 1 fully saturated rings. The molecule has 3 N–H and O–H groups in total. The number of fused-ring (bicyclic) bond motifs is 1. The van der Waals surface area contributed by atoms with Gasteiger partial charge in [-0.2, -0.15) is 0 Å². The van der Waals surface area contributed by atoms with Gasteiger partial charge in [0.2, 0.25) is 5.91 Å². The second-order valence-electron chi connectivity index (χ2n) is 5.06. The molecule has 18 heavy (non-hydrogen) atoms. The van der Waals surface area contributed by atoms with Gasteiger partial charge in [-0.1, -0.05) is 6.07 Å². The van der Waals surface area contributed by atoms with Crippen LogP contribution in [0, 0.1) is 0 Å². The fourth-order valence-corrected chi connectivity index (χ4v) is 2.84. The van der Waals surface area contributed by atoms with E-state index in [0.717, 1.165) is 31.4 Å². The van der Waals surface area contributed by atoms with Gasteiger partial charge in [-0.3, -0.25) is 4.79 Å². The molecule has 0 radical (unpaired) electrons. The van der Waals surface area contributed by atoms with E-state index in [1.54, 1.807) is 0 Å². The fraction of sp³-hybridized carbons (Fsp3) is 0.500. The first-order valence-electron chi connectivity index (χ1n) is 6.54. The van der Waals surface area contributed by atoms with Crippen LogP contribution >= 0.6 is 0 Å². The van der Waals surface area contributed by atoms with E-state index in [4.69, 9.17) is 10.5 Å². The molecule has 1 unspecified atom stereocenters. The van der Waals surface area contributed by atoms with E-state index >= 15 is 0 Å². The first kappa shape index (κ1) is 11.5. The molecule has 2 atom stereocenters. The molecule has 1 amide bonds. The second kappa shape index (κ2) is 4.61. The lowest BCUT2D eigenvalue weighted by atomic mass is 10.1. The van der Waals surface area contributed by atoms with E-state index < -0.39 is 0 Å². The van der Waals surface area contributed by atoms with Crippen molar-refractivity contribution >= 4 is 11.6 Å². The van der Waals surface area contributed by atoms with Crippen molar-refractivity contribution in [3.63, 3.8) is 0 Å². The van der Waals surface area contributed by atoms with Crippen LogP contribution in [0.25, 0.3) is 0 Å². The third-order valence-corrected chi connectivity index (χ3v) is 3.78. The van der Waals surface area contributed by atoms with Crippen LogP contribution in [0.15, 0.2) is 18.2 Å². The highest BCUT2D eigenvalue weighted by Crippen LogP contribution is 2.32. The maximum Gasteiger partial charge on any atom is 0.249 e. The Hall–Kier alpha value is -1.55. The summed E-state index contributed by atoms with van der Waals surface area (Å²) in [6.45, 7) is 0.704. The van der Waals surface area contributed by atoms with Crippen molar-refractivity contribution in [3.05, 3.63) is 29.3 Å². The minimum Gasteiger partial charge on any atom is -0.399 e. The number of amides is 1. The summed E-state index contributed by atoms with van der Waals surface area (Å²) in [5.41, 5.74) is 9.02. The van der Waals surface area contributed by atoms with E-state index in [1.807, 2.05) is 18.2 Å². The number of nitrogens with one attached hydrogen (secondary N) is 1. The molecule has 0 saturated carbocycles. The summed E-state index contributed by atoms with van der Waals surface area (Å²) >= 11 is 0. The number of aryl methyl sites for hydroxylation is 1. The minimum absolute atomic E-state index is 0.0298. The topological polar surface area (TPSA) is 64.3 Å². The third kappa shape index (κ3) is 2.08. The van der Waals surface area contributed by atoms with Crippen LogP contribution in [0.3, 0.4) is 0 Å². The highest BCUT2D eigenvalue weighted by atomic mass is 16.5. The van der Waals surface area contributed by atoms with E-state index in [-0.39, 0.29) is 18.1 Å². The van der Waals surface area contributed by atoms with Gasteiger partial charge in [0, 0.05) is 12.3 Å². The lowest BCUT2D eigenvalue weighted by Crippen LogP contribution is -2.36. The standard InChI is InChI=1S/C14H18N2O2/c15-10-4-5-11-9(8-10)3-6-12(11)16-14(17)13-2-1-7-18-13/h4-5,8,12-13H,1-3,6-7,15H2,(H,16,17)/t12?,13-/m1/s1. The van der Waals surface area contributed by atoms with Crippen LogP contribution in [-0.4, -0.2) is 18.6 Å². The van der Waals surface area contributed by atoms with Crippen LogP contribution in [0.2, 0.25) is 0 Å². The van der Waals surface area contributed by atoms with Gasteiger partial charge >= 0.3 is 0 Å². The Morgan fingerprint density at radius 1 is 1.39 bits per heavy atom. The summed E-state index contributed by atoms with van der Waals surface area (Å²) in [6, 6.07) is 6.05. The number of rotatable bonds is 2. The van der Waals surface area contributed by atoms with Crippen LogP contribution in [0.1, 0.15) is 36.4 Å². The van der Waals surface area contributed by atoms with Gasteiger partial charge in [0.25, 0.3) is 0 Å². The quantitative estimate of drug-likeness (QED) is 0.778. The Kier molecular flexibility index (Phi) is 2.96. The summed E-state index contributed by atoms with van der Waals surface area (Å²) in [5.74, 6) is 0.0298. The first-order chi connectivity index (χ1) is 8.74. The average molecular weight is 246 g/mol. The number of nitrogen functional groups attached to an aromatic ring is 1. The number of anilines is 1. The van der Waals surface area contributed by atoms with Gasteiger partial charge in [0.15, 0.2) is 0 Å². The molecule has 4 heteroatoms. The maximum absolute atomic E-state index is 12.0. The summed E-state index contributed by atoms with van der Waals surface area (Å²) in [6.07, 6.45) is 3.51. The third-order valence-electron chi connectivity index (χ3n) is 3.78. The number of nitrogens with two attached hydrogens (primary N) is 1. The normalized spacial score (nSPS) is 26.0. The Morgan fingerprint density at radius 2 is 2.28 bits per heavy atom. The van der Waals surface area contributed by atoms with E-state index in [0.29, 0.717) is 6.61 Å². The lowest BCUT2D eigenvalue weighted by Gasteiger charge is -2.17. The van der Waals surface area contributed by atoms with Crippen LogP contribution < -0.4 is 11.1 Å². The number of hydrogen-bond acceptors (Lipinski definition) is 3. The van der Waals surface area contributed by atoms with E-state index in [1.165, 1.54) is 11.1 Å². The van der Waals surface area contributed by atoms with Crippen molar-refractivity contribution < 1.29 is 9.53 Å². The Bertz CT molecular complexity index is 467. The van der Waals surface area contributed by atoms with Crippen molar-refractivity contribution in [2.75, 3.05) is 12.3 Å². The van der Waals surface area contributed by atoms with Crippen molar-refractivity contribution in [3.8, 4) is 0 Å². The van der Waals surface area contributed by atoms with Crippen molar-refractivity contribution in [1.82, 2.24) is 5.32 Å². The number of hydrogen-bond donors (Lipinski definition) is 2. The maximum atomic E-state index is 12.0. The molecule has 4 nitrogen and oxygen atoms in total. The van der Waals surface area contributed by atoms with Crippen LogP contribution in [0.4, 0.5) is 5.69 Å². The Balaban J connectivity index is 1.70. The highest BCUT2D eigenvalue weighted by Gasteiger charge is 2.29. The Morgan fingerprint density at radius 3 is 3.06 bits per heavy atom. The molecule has 2 aliphatic rings. The molecular weight excluding hydrogens is 228 g/mol. The molecule has 1 saturated heterocycles. The monoisotopic (exact) mass is 246 g/mol. The number of benzene rings is 1. The van der Waals surface area contributed by atoms with Crippen LogP contribution in [0.5, 0.6) is 0 Å². The minimum atomic E-state index is -0.247. The highest BCUT2D eigenvalue weighted by molar-refractivity contribution is 5.81. The lowest BCUT2D eigenvalue weighted by molar-refractivity contribution is -0.130. The smallest absolute Gasteiger partial charge is 0.249 e. The molecule has 96 valence electrons. The summed E-state index contributed by atoms with van der Waals surface area (Å²) in [5, 5.41) is 3.09. The molecule has 1 aliphatic carbocycles. The first-order valence-corrected chi connectivity index (χ1v) is 6.54. The second-order valence-corrected chi connectivity index (χ2v) is 5.06. The van der Waals surface area contributed by atoms with Gasteiger partial charge in [-0.15, -0.1) is 0 Å². The fourth-order valence-electron chi connectivity index (χ4n) is 2.84. The van der Waals surface area contributed by atoms with Gasteiger partial charge in [-0.25, -0.2) is 0 Å². The average Bonchev–Trinajstić information content (AvgIpc) is 2.98. The zero-order chi connectivity index (χ0) is 12.5. The molecule has 1 heterocycles. The van der Waals surface area contributed by atoms with Gasteiger partial charge in [0.05, 0.1) is 6.04 Å². The number of carbonyl (C=O) groups is 1. The van der Waals surface area contributed by atoms with Gasteiger partial charge < -0.3 is 15.8 Å². The predicted molar refractivity (Wildman–Crippen MR) is 69.0 cm³/mol. The molecule has 1 aromatic carbocycles. The molecule has 3 rings (SSSR count). The predicted octanol–water partition coefficient (Wildman–Crippen LogP) is 1.55. The van der Waals surface area contributed by atoms with E-state index in [9.17, 15) is 4.79 Å². The molecule has 0 bridgehead atoms. The SMILES string of the molecule is Nc1ccc2c(c1)CCC2NC(=O)[C@H]1CCCO1. The van der Waals surface area contributed by atoms with Gasteiger partial charge in [-0.05, 0) is 48.9 Å². The van der Waals surface area contributed by atoms with E-state index in [2.05, 4.69) is 5.32 Å². The Labute approximate surface area is 107 Å². The van der Waals surface area contributed by atoms with Crippen molar-refractivity contribution in [1.29, 1.82) is 0 Å². The largest absolute Gasteiger partial charge is 0.399 e. The van der Waals surface area contributed by atoms with Gasteiger partial charge in [0.1, 0.15) is 6.10 Å². The molecule has 0 aromatic heterocycles. The molecule has 1 aromatic rings. The van der Waals surface area contributed by atoms with Crippen molar-refractivity contribution in [2.24, 2.45) is 0 Å². The number of ether oxygens (including phenoxy) is 1. The summed E-state index contributed by atoms with van der Waals surface area (Å²) < 4.78 is 5.40. The zero-order valence-electron chi connectivity index (χ0n) is 10.3. The summed E-state index contributed by atoms with van der Waals surface area (Å²) in [4.78, 5) is 12.0. The van der Waals surface area contributed by atoms with Crippen molar-refractivity contribution in [2.45, 2.75) is 37.8 Å². The summed E-state index contributed by atoms with van der Waals surface area (Å²) in [7, 11) is 0. The van der Waals surface area contributed by atoms with Crippen LogP contribution in [-0.2, 0) is 16.0 Å². The molecular formula is C14H18N2O2.